The van der Waals surface area contributed by atoms with Crippen LogP contribution in [-0.4, -0.2) is 44.0 Å². The Bertz CT molecular complexity index is 946. The lowest BCUT2D eigenvalue weighted by Gasteiger charge is -2.18. The quantitative estimate of drug-likeness (QED) is 0.809. The number of carbonyl (C=O) groups is 1. The Morgan fingerprint density at radius 1 is 1.30 bits per heavy atom. The number of amides is 1. The molecule has 27 heavy (non-hydrogen) atoms. The second-order valence-corrected chi connectivity index (χ2v) is 8.45. The van der Waals surface area contributed by atoms with E-state index in [1.807, 2.05) is 0 Å². The van der Waals surface area contributed by atoms with Crippen LogP contribution >= 0.6 is 0 Å². The van der Waals surface area contributed by atoms with Crippen LogP contribution in [0.5, 0.6) is 0 Å². The Morgan fingerprint density at radius 2 is 2.00 bits per heavy atom. The van der Waals surface area contributed by atoms with Crippen LogP contribution in [0, 0.1) is 13.8 Å². The lowest BCUT2D eigenvalue weighted by atomic mass is 10.2. The van der Waals surface area contributed by atoms with Crippen LogP contribution < -0.4 is 5.32 Å². The van der Waals surface area contributed by atoms with E-state index in [2.05, 4.69) is 10.5 Å². The lowest BCUT2D eigenvalue weighted by molar-refractivity contribution is 0.101. The maximum atomic E-state index is 12.9. The summed E-state index contributed by atoms with van der Waals surface area (Å²) in [4.78, 5) is 12.8. The van der Waals surface area contributed by atoms with Gasteiger partial charge >= 0.3 is 0 Å². The number of methoxy groups -OCH3 is 1. The van der Waals surface area contributed by atoms with E-state index >= 15 is 0 Å². The third-order valence-corrected chi connectivity index (χ3v) is 6.66. The summed E-state index contributed by atoms with van der Waals surface area (Å²) in [6.07, 6.45) is 1.73. The summed E-state index contributed by atoms with van der Waals surface area (Å²) in [5.41, 5.74) is 1.70. The monoisotopic (exact) mass is 393 g/mol. The van der Waals surface area contributed by atoms with Crippen LogP contribution in [-0.2, 0) is 21.4 Å². The molecule has 0 aliphatic carbocycles. The average molecular weight is 393 g/mol. The van der Waals surface area contributed by atoms with Crippen molar-refractivity contribution in [1.29, 1.82) is 0 Å². The summed E-state index contributed by atoms with van der Waals surface area (Å²) in [5.74, 6) is 0.0236. The number of carbonyl (C=O) groups excluding carboxylic acids is 1. The van der Waals surface area contributed by atoms with Gasteiger partial charge in [0.1, 0.15) is 5.76 Å². The molecule has 0 spiro atoms. The van der Waals surface area contributed by atoms with Crippen LogP contribution in [0.2, 0.25) is 0 Å². The van der Waals surface area contributed by atoms with Gasteiger partial charge in [-0.2, -0.15) is 4.31 Å². The number of hydrogen-bond acceptors (Lipinski definition) is 6. The SMILES string of the molecule is COCc1c(C(=O)Nc2ccc(C)c(S(=O)(=O)N3CCCC3)c2)noc1C. The molecule has 146 valence electrons. The summed E-state index contributed by atoms with van der Waals surface area (Å²) < 4.78 is 37.4. The van der Waals surface area contributed by atoms with Gasteiger partial charge in [-0.15, -0.1) is 0 Å². The van der Waals surface area contributed by atoms with Gasteiger partial charge in [0, 0.05) is 25.9 Å². The summed E-state index contributed by atoms with van der Waals surface area (Å²) >= 11 is 0. The van der Waals surface area contributed by atoms with Crippen molar-refractivity contribution in [2.75, 3.05) is 25.5 Å². The maximum Gasteiger partial charge on any atom is 0.278 e. The van der Waals surface area contributed by atoms with Crippen molar-refractivity contribution < 1.29 is 22.5 Å². The third-order valence-electron chi connectivity index (χ3n) is 4.62. The first-order valence-electron chi connectivity index (χ1n) is 8.71. The highest BCUT2D eigenvalue weighted by atomic mass is 32.2. The van der Waals surface area contributed by atoms with Crippen molar-refractivity contribution in [3.05, 3.63) is 40.8 Å². The first-order chi connectivity index (χ1) is 12.8. The molecule has 2 aromatic rings. The molecule has 0 radical (unpaired) electrons. The van der Waals surface area contributed by atoms with Crippen LogP contribution in [0.3, 0.4) is 0 Å². The Hall–Kier alpha value is -2.23. The number of nitrogens with one attached hydrogen (secondary N) is 1. The predicted molar refractivity (Wildman–Crippen MR) is 99.1 cm³/mol. The molecule has 1 fully saturated rings. The number of anilines is 1. The van der Waals surface area contributed by atoms with Crippen molar-refractivity contribution in [2.45, 2.75) is 38.2 Å². The van der Waals surface area contributed by atoms with Crippen LogP contribution in [0.4, 0.5) is 5.69 Å². The number of hydrogen-bond donors (Lipinski definition) is 1. The van der Waals surface area contributed by atoms with Crippen LogP contribution in [0.25, 0.3) is 0 Å². The van der Waals surface area contributed by atoms with Crippen molar-refractivity contribution in [2.24, 2.45) is 0 Å². The molecule has 0 saturated carbocycles. The van der Waals surface area contributed by atoms with E-state index < -0.39 is 15.9 Å². The van der Waals surface area contributed by atoms with Gasteiger partial charge in [-0.25, -0.2) is 8.42 Å². The second-order valence-electron chi connectivity index (χ2n) is 6.54. The Balaban J connectivity index is 1.87. The van der Waals surface area contributed by atoms with Gasteiger partial charge in [-0.1, -0.05) is 11.2 Å². The van der Waals surface area contributed by atoms with Gasteiger partial charge in [0.2, 0.25) is 10.0 Å². The molecule has 1 N–H and O–H groups in total. The largest absolute Gasteiger partial charge is 0.380 e. The molecule has 1 saturated heterocycles. The minimum atomic E-state index is -3.58. The fraction of sp³-hybridized carbons (Fsp3) is 0.444. The standard InChI is InChI=1S/C18H23N3O5S/c1-12-6-7-14(10-16(12)27(23,24)21-8-4-5-9-21)19-18(22)17-15(11-25-3)13(2)26-20-17/h6-7,10H,4-5,8-9,11H2,1-3H3,(H,19,22). The minimum absolute atomic E-state index is 0.124. The molecular formula is C18H23N3O5S. The number of sulfonamides is 1. The molecule has 1 aromatic carbocycles. The predicted octanol–water partition coefficient (Wildman–Crippen LogP) is 2.47. The van der Waals surface area contributed by atoms with E-state index in [1.165, 1.54) is 17.5 Å². The molecule has 0 atom stereocenters. The summed E-state index contributed by atoms with van der Waals surface area (Å²) in [7, 11) is -2.06. The van der Waals surface area contributed by atoms with Crippen molar-refractivity contribution >= 4 is 21.6 Å². The van der Waals surface area contributed by atoms with Crippen molar-refractivity contribution in [1.82, 2.24) is 9.46 Å². The Labute approximate surface area is 158 Å². The lowest BCUT2D eigenvalue weighted by Crippen LogP contribution is -2.28. The van der Waals surface area contributed by atoms with Gasteiger partial charge in [0.25, 0.3) is 5.91 Å². The van der Waals surface area contributed by atoms with Gasteiger partial charge < -0.3 is 14.6 Å². The van der Waals surface area contributed by atoms with Gasteiger partial charge in [0.15, 0.2) is 5.69 Å². The smallest absolute Gasteiger partial charge is 0.278 e. The zero-order valence-electron chi connectivity index (χ0n) is 15.6. The summed E-state index contributed by atoms with van der Waals surface area (Å²) in [6.45, 7) is 4.69. The van der Waals surface area contributed by atoms with E-state index in [4.69, 9.17) is 9.26 Å². The molecule has 8 nitrogen and oxygen atoms in total. The number of rotatable bonds is 6. The highest BCUT2D eigenvalue weighted by Crippen LogP contribution is 2.26. The Kier molecular flexibility index (Phi) is 5.64. The molecule has 9 heteroatoms. The van der Waals surface area contributed by atoms with E-state index in [9.17, 15) is 13.2 Å². The molecule has 1 aliphatic heterocycles. The van der Waals surface area contributed by atoms with Gasteiger partial charge in [-0.3, -0.25) is 4.79 Å². The van der Waals surface area contributed by atoms with Crippen LogP contribution in [0.15, 0.2) is 27.6 Å². The molecule has 2 heterocycles. The van der Waals surface area contributed by atoms with Gasteiger partial charge in [-0.05, 0) is 44.4 Å². The van der Waals surface area contributed by atoms with Gasteiger partial charge in [0.05, 0.1) is 17.1 Å². The third kappa shape index (κ3) is 3.90. The summed E-state index contributed by atoms with van der Waals surface area (Å²) in [6, 6.07) is 4.84. The molecule has 1 aromatic heterocycles. The highest BCUT2D eigenvalue weighted by molar-refractivity contribution is 7.89. The highest BCUT2D eigenvalue weighted by Gasteiger charge is 2.29. The molecule has 0 unspecified atom stereocenters. The molecule has 0 bridgehead atoms. The van der Waals surface area contributed by atoms with E-state index in [-0.39, 0.29) is 17.2 Å². The molecular weight excluding hydrogens is 370 g/mol. The van der Waals surface area contributed by atoms with Crippen molar-refractivity contribution in [3.8, 4) is 0 Å². The van der Waals surface area contributed by atoms with E-state index in [1.54, 1.807) is 26.0 Å². The topological polar surface area (TPSA) is 102 Å². The fourth-order valence-corrected chi connectivity index (χ4v) is 4.87. The Morgan fingerprint density at radius 3 is 2.67 bits per heavy atom. The number of benzene rings is 1. The van der Waals surface area contributed by atoms with E-state index in [0.717, 1.165) is 12.8 Å². The minimum Gasteiger partial charge on any atom is -0.380 e. The number of aryl methyl sites for hydroxylation is 2. The first kappa shape index (κ1) is 19.5. The molecule has 1 aliphatic rings. The normalized spacial score (nSPS) is 15.2. The summed E-state index contributed by atoms with van der Waals surface area (Å²) in [5, 5.41) is 6.49. The van der Waals surface area contributed by atoms with E-state index in [0.29, 0.717) is 35.7 Å². The zero-order valence-corrected chi connectivity index (χ0v) is 16.4. The fourth-order valence-electron chi connectivity index (χ4n) is 3.10. The number of aromatic nitrogens is 1. The molecule has 1 amide bonds. The first-order valence-corrected chi connectivity index (χ1v) is 10.1. The van der Waals surface area contributed by atoms with Crippen LogP contribution in [0.1, 0.15) is 40.2 Å². The number of ether oxygens (including phenoxy) is 1. The average Bonchev–Trinajstić information content (AvgIpc) is 3.28. The maximum absolute atomic E-state index is 12.9. The molecule has 3 rings (SSSR count). The number of nitrogens with zero attached hydrogens (tertiary/aromatic N) is 2. The zero-order chi connectivity index (χ0) is 19.6. The second kappa shape index (κ2) is 7.79. The van der Waals surface area contributed by atoms with Crippen molar-refractivity contribution in [3.63, 3.8) is 0 Å².